The van der Waals surface area contributed by atoms with Crippen molar-refractivity contribution in [3.8, 4) is 0 Å². The average molecular weight is 387 g/mol. The highest BCUT2D eigenvalue weighted by molar-refractivity contribution is 7.92. The zero-order valence-corrected chi connectivity index (χ0v) is 16.8. The first-order valence-corrected chi connectivity index (χ1v) is 10.7. The van der Waals surface area contributed by atoms with E-state index in [0.717, 1.165) is 31.5 Å². The van der Waals surface area contributed by atoms with Crippen LogP contribution in [0.4, 0.5) is 5.69 Å². The molecule has 2 aromatic rings. The SMILES string of the molecule is Cc1ccc(NS(=O)(=O)c2cc(C(=O)N3CCCC(C)C3)ccc2C)cc1. The molecular formula is C21H26N2O3S. The Kier molecular flexibility index (Phi) is 5.56. The van der Waals surface area contributed by atoms with Crippen molar-refractivity contribution in [3.63, 3.8) is 0 Å². The molecule has 0 aromatic heterocycles. The van der Waals surface area contributed by atoms with Gasteiger partial charge in [-0.2, -0.15) is 0 Å². The van der Waals surface area contributed by atoms with Gasteiger partial charge in [0.15, 0.2) is 0 Å². The number of sulfonamides is 1. The molecule has 1 aliphatic heterocycles. The fourth-order valence-corrected chi connectivity index (χ4v) is 4.74. The second-order valence-electron chi connectivity index (χ2n) is 7.45. The topological polar surface area (TPSA) is 66.5 Å². The number of hydrogen-bond donors (Lipinski definition) is 1. The predicted octanol–water partition coefficient (Wildman–Crippen LogP) is 3.98. The number of nitrogens with zero attached hydrogens (tertiary/aromatic N) is 1. The molecule has 1 aliphatic rings. The maximum atomic E-state index is 12.9. The van der Waals surface area contributed by atoms with E-state index in [0.29, 0.717) is 22.7 Å². The molecule has 1 heterocycles. The van der Waals surface area contributed by atoms with Crippen molar-refractivity contribution in [1.82, 2.24) is 4.90 Å². The van der Waals surface area contributed by atoms with E-state index in [2.05, 4.69) is 11.6 Å². The van der Waals surface area contributed by atoms with Gasteiger partial charge in [0.25, 0.3) is 15.9 Å². The van der Waals surface area contributed by atoms with Crippen LogP contribution >= 0.6 is 0 Å². The van der Waals surface area contributed by atoms with Gasteiger partial charge in [0.2, 0.25) is 0 Å². The van der Waals surface area contributed by atoms with E-state index in [1.165, 1.54) is 6.07 Å². The van der Waals surface area contributed by atoms with Crippen LogP contribution in [0.15, 0.2) is 47.4 Å². The number of amides is 1. The van der Waals surface area contributed by atoms with E-state index >= 15 is 0 Å². The van der Waals surface area contributed by atoms with Crippen molar-refractivity contribution >= 4 is 21.6 Å². The zero-order valence-electron chi connectivity index (χ0n) is 16.0. The number of likely N-dealkylation sites (tertiary alicyclic amines) is 1. The highest BCUT2D eigenvalue weighted by atomic mass is 32.2. The predicted molar refractivity (Wildman–Crippen MR) is 107 cm³/mol. The molecule has 1 saturated heterocycles. The van der Waals surface area contributed by atoms with Crippen LogP contribution in [0.2, 0.25) is 0 Å². The number of hydrogen-bond acceptors (Lipinski definition) is 3. The molecule has 1 amide bonds. The molecule has 27 heavy (non-hydrogen) atoms. The first-order chi connectivity index (χ1) is 12.8. The summed E-state index contributed by atoms with van der Waals surface area (Å²) in [4.78, 5) is 14.8. The Morgan fingerprint density at radius 2 is 1.81 bits per heavy atom. The molecule has 0 aliphatic carbocycles. The molecule has 1 unspecified atom stereocenters. The van der Waals surface area contributed by atoms with E-state index in [9.17, 15) is 13.2 Å². The zero-order chi connectivity index (χ0) is 19.6. The monoisotopic (exact) mass is 386 g/mol. The Morgan fingerprint density at radius 1 is 1.11 bits per heavy atom. The van der Waals surface area contributed by atoms with E-state index in [-0.39, 0.29) is 10.8 Å². The first-order valence-electron chi connectivity index (χ1n) is 9.26. The molecule has 2 aromatic carbocycles. The molecule has 1 atom stereocenters. The van der Waals surface area contributed by atoms with Crippen LogP contribution in [0, 0.1) is 19.8 Å². The molecule has 144 valence electrons. The van der Waals surface area contributed by atoms with Gasteiger partial charge in [-0.05, 0) is 62.4 Å². The highest BCUT2D eigenvalue weighted by Gasteiger charge is 2.24. The van der Waals surface area contributed by atoms with Crippen LogP contribution in [0.25, 0.3) is 0 Å². The molecule has 0 radical (unpaired) electrons. The number of carbonyl (C=O) groups is 1. The summed E-state index contributed by atoms with van der Waals surface area (Å²) in [6, 6.07) is 12.1. The maximum absolute atomic E-state index is 12.9. The molecule has 0 saturated carbocycles. The van der Waals surface area contributed by atoms with Crippen LogP contribution in [-0.4, -0.2) is 32.3 Å². The van der Waals surface area contributed by atoms with E-state index < -0.39 is 10.0 Å². The molecule has 1 N–H and O–H groups in total. The third kappa shape index (κ3) is 4.50. The lowest BCUT2D eigenvalue weighted by molar-refractivity contribution is 0.0683. The van der Waals surface area contributed by atoms with Crippen LogP contribution in [-0.2, 0) is 10.0 Å². The minimum atomic E-state index is -3.78. The van der Waals surface area contributed by atoms with Gasteiger partial charge in [-0.3, -0.25) is 9.52 Å². The largest absolute Gasteiger partial charge is 0.338 e. The Morgan fingerprint density at radius 3 is 2.48 bits per heavy atom. The molecular weight excluding hydrogens is 360 g/mol. The lowest BCUT2D eigenvalue weighted by Gasteiger charge is -2.31. The Balaban J connectivity index is 1.88. The van der Waals surface area contributed by atoms with Gasteiger partial charge >= 0.3 is 0 Å². The fourth-order valence-electron chi connectivity index (χ4n) is 3.41. The lowest BCUT2D eigenvalue weighted by Crippen LogP contribution is -2.39. The summed E-state index contributed by atoms with van der Waals surface area (Å²) in [6.45, 7) is 7.26. The second kappa shape index (κ2) is 7.72. The molecule has 0 bridgehead atoms. The lowest BCUT2D eigenvalue weighted by atomic mass is 9.99. The number of piperidine rings is 1. The molecule has 5 nitrogen and oxygen atoms in total. The van der Waals surface area contributed by atoms with Crippen molar-refractivity contribution in [1.29, 1.82) is 0 Å². The maximum Gasteiger partial charge on any atom is 0.262 e. The van der Waals surface area contributed by atoms with Crippen LogP contribution in [0.5, 0.6) is 0 Å². The average Bonchev–Trinajstić information content (AvgIpc) is 2.63. The normalized spacial score (nSPS) is 17.6. The van der Waals surface area contributed by atoms with Crippen molar-refractivity contribution < 1.29 is 13.2 Å². The Hall–Kier alpha value is -2.34. The first kappa shape index (κ1) is 19.4. The van der Waals surface area contributed by atoms with E-state index in [4.69, 9.17) is 0 Å². The van der Waals surface area contributed by atoms with Crippen LogP contribution in [0.3, 0.4) is 0 Å². The van der Waals surface area contributed by atoms with Gasteiger partial charge in [0.05, 0.1) is 4.90 Å². The van der Waals surface area contributed by atoms with Gasteiger partial charge in [-0.15, -0.1) is 0 Å². The molecule has 0 spiro atoms. The summed E-state index contributed by atoms with van der Waals surface area (Å²) in [5.74, 6) is 0.368. The third-order valence-corrected chi connectivity index (χ3v) is 6.50. The van der Waals surface area contributed by atoms with Crippen molar-refractivity contribution in [2.75, 3.05) is 17.8 Å². The van der Waals surface area contributed by atoms with Gasteiger partial charge < -0.3 is 4.90 Å². The number of aryl methyl sites for hydroxylation is 2. The summed E-state index contributed by atoms with van der Waals surface area (Å²) in [5, 5.41) is 0. The van der Waals surface area contributed by atoms with Crippen molar-refractivity contribution in [2.24, 2.45) is 5.92 Å². The van der Waals surface area contributed by atoms with Crippen LogP contribution < -0.4 is 4.72 Å². The van der Waals surface area contributed by atoms with Gasteiger partial charge in [0, 0.05) is 24.3 Å². The number of nitrogens with one attached hydrogen (secondary N) is 1. The standard InChI is InChI=1S/C21H26N2O3S/c1-15-6-10-19(11-7-15)22-27(25,26)20-13-18(9-8-17(20)3)21(24)23-12-4-5-16(2)14-23/h6-11,13,16,22H,4-5,12,14H2,1-3H3. The summed E-state index contributed by atoms with van der Waals surface area (Å²) in [5.41, 5.74) is 2.58. The van der Waals surface area contributed by atoms with Crippen molar-refractivity contribution in [3.05, 3.63) is 59.2 Å². The smallest absolute Gasteiger partial charge is 0.262 e. The molecule has 6 heteroatoms. The minimum absolute atomic E-state index is 0.103. The molecule has 3 rings (SSSR count). The van der Waals surface area contributed by atoms with E-state index in [1.807, 2.05) is 24.0 Å². The fraction of sp³-hybridized carbons (Fsp3) is 0.381. The summed E-state index contributed by atoms with van der Waals surface area (Å²) in [6.07, 6.45) is 2.11. The van der Waals surface area contributed by atoms with Crippen molar-refractivity contribution in [2.45, 2.75) is 38.5 Å². The minimum Gasteiger partial charge on any atom is -0.338 e. The number of anilines is 1. The van der Waals surface area contributed by atoms with Gasteiger partial charge in [-0.25, -0.2) is 8.42 Å². The number of rotatable bonds is 4. The molecule has 1 fully saturated rings. The van der Waals surface area contributed by atoms with E-state index in [1.54, 1.807) is 31.2 Å². The summed E-state index contributed by atoms with van der Waals surface area (Å²) < 4.78 is 28.4. The number of benzene rings is 2. The Bertz CT molecular complexity index is 936. The summed E-state index contributed by atoms with van der Waals surface area (Å²) in [7, 11) is -3.78. The Labute approximate surface area is 161 Å². The number of carbonyl (C=O) groups excluding carboxylic acids is 1. The quantitative estimate of drug-likeness (QED) is 0.864. The van der Waals surface area contributed by atoms with Gasteiger partial charge in [-0.1, -0.05) is 30.7 Å². The second-order valence-corrected chi connectivity index (χ2v) is 9.10. The van der Waals surface area contributed by atoms with Gasteiger partial charge in [0.1, 0.15) is 0 Å². The summed E-state index contributed by atoms with van der Waals surface area (Å²) >= 11 is 0. The van der Waals surface area contributed by atoms with Crippen LogP contribution in [0.1, 0.15) is 41.3 Å². The highest BCUT2D eigenvalue weighted by Crippen LogP contribution is 2.23. The third-order valence-electron chi connectivity index (χ3n) is 4.97.